The second kappa shape index (κ2) is 8.66. The highest BCUT2D eigenvalue weighted by atomic mass is 127. The fourth-order valence-electron chi connectivity index (χ4n) is 2.90. The zero-order chi connectivity index (χ0) is 21.1. The Morgan fingerprint density at radius 1 is 1.13 bits per heavy atom. The summed E-state index contributed by atoms with van der Waals surface area (Å²) in [6, 6.07) is 12.2. The van der Waals surface area contributed by atoms with E-state index in [1.165, 1.54) is 18.6 Å². The second-order valence-electron chi connectivity index (χ2n) is 6.27. The molecule has 0 aliphatic carbocycles. The van der Waals surface area contributed by atoms with Gasteiger partial charge in [-0.15, -0.1) is 0 Å². The molecule has 0 saturated heterocycles. The lowest BCUT2D eigenvalue weighted by Crippen LogP contribution is -2.15. The molecule has 4 rings (SSSR count). The van der Waals surface area contributed by atoms with Crippen molar-refractivity contribution in [1.82, 2.24) is 15.1 Å². The average Bonchev–Trinajstić information content (AvgIpc) is 3.13. The van der Waals surface area contributed by atoms with Crippen LogP contribution in [0.4, 0.5) is 14.7 Å². The van der Waals surface area contributed by atoms with Crippen molar-refractivity contribution in [3.8, 4) is 22.5 Å². The SMILES string of the molecule is O=C(Cc1ccccc1I)Nc1onc(-c2ccc(F)cc2F)c1-c1ccncn1. The Labute approximate surface area is 183 Å². The van der Waals surface area contributed by atoms with E-state index in [2.05, 4.69) is 43.0 Å². The van der Waals surface area contributed by atoms with Crippen LogP contribution in [0.5, 0.6) is 0 Å². The fourth-order valence-corrected chi connectivity index (χ4v) is 3.48. The molecule has 1 N–H and O–H groups in total. The number of anilines is 1. The average molecular weight is 518 g/mol. The van der Waals surface area contributed by atoms with Gasteiger partial charge in [-0.25, -0.2) is 18.7 Å². The molecule has 0 unspecified atom stereocenters. The molecule has 0 spiro atoms. The van der Waals surface area contributed by atoms with Gasteiger partial charge in [0.05, 0.1) is 17.7 Å². The number of amides is 1. The minimum absolute atomic E-state index is 0.0170. The molecule has 2 heterocycles. The van der Waals surface area contributed by atoms with Gasteiger partial charge in [-0.05, 0) is 52.4 Å². The van der Waals surface area contributed by atoms with Gasteiger partial charge in [-0.3, -0.25) is 10.1 Å². The molecule has 0 bridgehead atoms. The van der Waals surface area contributed by atoms with Gasteiger partial charge in [0.1, 0.15) is 23.7 Å². The summed E-state index contributed by atoms with van der Waals surface area (Å²) in [5.41, 5.74) is 1.61. The summed E-state index contributed by atoms with van der Waals surface area (Å²) in [5, 5.41) is 6.59. The lowest BCUT2D eigenvalue weighted by atomic mass is 10.0. The first-order chi connectivity index (χ1) is 14.5. The van der Waals surface area contributed by atoms with Crippen LogP contribution in [-0.4, -0.2) is 21.0 Å². The Balaban J connectivity index is 1.72. The standard InChI is InChI=1S/C21H13F2IN4O2/c22-13-5-6-14(15(23)10-13)20-19(17-7-8-25-11-26-17)21(30-28-20)27-18(29)9-12-3-1-2-4-16(12)24/h1-8,10-11H,9H2,(H,27,29). The van der Waals surface area contributed by atoms with Gasteiger partial charge in [-0.2, -0.15) is 0 Å². The summed E-state index contributed by atoms with van der Waals surface area (Å²) in [4.78, 5) is 20.6. The normalized spacial score (nSPS) is 10.8. The molecule has 1 amide bonds. The fraction of sp³-hybridized carbons (Fsp3) is 0.0476. The maximum absolute atomic E-state index is 14.4. The summed E-state index contributed by atoms with van der Waals surface area (Å²) in [6.07, 6.45) is 2.92. The van der Waals surface area contributed by atoms with Crippen LogP contribution in [0, 0.1) is 15.2 Å². The van der Waals surface area contributed by atoms with Gasteiger partial charge in [0, 0.05) is 21.4 Å². The van der Waals surface area contributed by atoms with E-state index in [4.69, 9.17) is 4.52 Å². The van der Waals surface area contributed by atoms with Gasteiger partial charge in [0.2, 0.25) is 11.8 Å². The molecular weight excluding hydrogens is 505 g/mol. The summed E-state index contributed by atoms with van der Waals surface area (Å²) < 4.78 is 34.0. The van der Waals surface area contributed by atoms with Crippen molar-refractivity contribution >= 4 is 34.4 Å². The van der Waals surface area contributed by atoms with E-state index in [0.29, 0.717) is 5.69 Å². The van der Waals surface area contributed by atoms with Crippen LogP contribution in [0.25, 0.3) is 22.5 Å². The predicted octanol–water partition coefficient (Wildman–Crippen LogP) is 4.86. The quantitative estimate of drug-likeness (QED) is 0.382. The van der Waals surface area contributed by atoms with Crippen LogP contribution in [-0.2, 0) is 11.2 Å². The minimum atomic E-state index is -0.810. The number of carbonyl (C=O) groups excluding carboxylic acids is 1. The summed E-state index contributed by atoms with van der Waals surface area (Å²) in [7, 11) is 0. The van der Waals surface area contributed by atoms with Crippen molar-refractivity contribution in [2.45, 2.75) is 6.42 Å². The van der Waals surface area contributed by atoms with Gasteiger partial charge in [0.25, 0.3) is 0 Å². The van der Waals surface area contributed by atoms with Crippen LogP contribution in [0.2, 0.25) is 0 Å². The third-order valence-electron chi connectivity index (χ3n) is 4.28. The number of hydrogen-bond acceptors (Lipinski definition) is 5. The Morgan fingerprint density at radius 2 is 1.97 bits per heavy atom. The molecule has 0 atom stereocenters. The van der Waals surface area contributed by atoms with Crippen molar-refractivity contribution in [2.75, 3.05) is 5.32 Å². The number of hydrogen-bond donors (Lipinski definition) is 1. The minimum Gasteiger partial charge on any atom is -0.337 e. The smallest absolute Gasteiger partial charge is 0.241 e. The lowest BCUT2D eigenvalue weighted by molar-refractivity contribution is -0.115. The maximum atomic E-state index is 14.4. The van der Waals surface area contributed by atoms with E-state index < -0.39 is 11.6 Å². The van der Waals surface area contributed by atoms with Crippen LogP contribution >= 0.6 is 22.6 Å². The molecule has 9 heteroatoms. The van der Waals surface area contributed by atoms with Crippen molar-refractivity contribution in [2.24, 2.45) is 0 Å². The number of rotatable bonds is 5. The number of halogens is 3. The van der Waals surface area contributed by atoms with E-state index in [-0.39, 0.29) is 35.0 Å². The van der Waals surface area contributed by atoms with Crippen LogP contribution in [0.15, 0.2) is 65.6 Å². The molecule has 0 saturated carbocycles. The Bertz CT molecular complexity index is 1210. The molecule has 6 nitrogen and oxygen atoms in total. The molecular formula is C21H13F2IN4O2. The van der Waals surface area contributed by atoms with E-state index >= 15 is 0 Å². The zero-order valence-electron chi connectivity index (χ0n) is 15.3. The van der Waals surface area contributed by atoms with Crippen LogP contribution < -0.4 is 5.32 Å². The van der Waals surface area contributed by atoms with E-state index in [1.807, 2.05) is 24.3 Å². The highest BCUT2D eigenvalue weighted by Gasteiger charge is 2.24. The molecule has 0 radical (unpaired) electrons. The molecule has 4 aromatic rings. The third kappa shape index (κ3) is 4.20. The largest absolute Gasteiger partial charge is 0.337 e. The first-order valence-corrected chi connectivity index (χ1v) is 9.85. The van der Waals surface area contributed by atoms with Gasteiger partial charge in [-0.1, -0.05) is 23.4 Å². The zero-order valence-corrected chi connectivity index (χ0v) is 17.4. The van der Waals surface area contributed by atoms with Crippen molar-refractivity contribution in [1.29, 1.82) is 0 Å². The van der Waals surface area contributed by atoms with Crippen molar-refractivity contribution in [3.63, 3.8) is 0 Å². The monoisotopic (exact) mass is 518 g/mol. The predicted molar refractivity (Wildman–Crippen MR) is 114 cm³/mol. The van der Waals surface area contributed by atoms with E-state index in [0.717, 1.165) is 21.3 Å². The van der Waals surface area contributed by atoms with Gasteiger partial charge >= 0.3 is 0 Å². The molecule has 0 aliphatic rings. The van der Waals surface area contributed by atoms with Crippen molar-refractivity contribution < 1.29 is 18.1 Å². The first-order valence-electron chi connectivity index (χ1n) is 8.77. The number of benzene rings is 2. The first kappa shape index (κ1) is 20.1. The molecule has 150 valence electrons. The highest BCUT2D eigenvalue weighted by molar-refractivity contribution is 14.1. The summed E-state index contributed by atoms with van der Waals surface area (Å²) in [6.45, 7) is 0. The van der Waals surface area contributed by atoms with Crippen LogP contribution in [0.3, 0.4) is 0 Å². The molecule has 0 aliphatic heterocycles. The highest BCUT2D eigenvalue weighted by Crippen LogP contribution is 2.37. The number of carbonyl (C=O) groups is 1. The molecule has 2 aromatic heterocycles. The topological polar surface area (TPSA) is 80.9 Å². The van der Waals surface area contributed by atoms with Crippen molar-refractivity contribution in [3.05, 3.63) is 81.8 Å². The number of nitrogens with zero attached hydrogens (tertiary/aromatic N) is 3. The Morgan fingerprint density at radius 3 is 2.70 bits per heavy atom. The molecule has 2 aromatic carbocycles. The Hall–Kier alpha value is -3.21. The summed E-state index contributed by atoms with van der Waals surface area (Å²) >= 11 is 2.15. The lowest BCUT2D eigenvalue weighted by Gasteiger charge is -2.07. The van der Waals surface area contributed by atoms with Gasteiger partial charge < -0.3 is 4.52 Å². The molecule has 0 fully saturated rings. The second-order valence-corrected chi connectivity index (χ2v) is 7.43. The summed E-state index contributed by atoms with van der Waals surface area (Å²) in [5.74, 6) is -1.84. The van der Waals surface area contributed by atoms with E-state index in [1.54, 1.807) is 6.07 Å². The third-order valence-corrected chi connectivity index (χ3v) is 5.33. The Kier molecular flexibility index (Phi) is 5.79. The van der Waals surface area contributed by atoms with E-state index in [9.17, 15) is 13.6 Å². The maximum Gasteiger partial charge on any atom is 0.241 e. The van der Waals surface area contributed by atoms with Crippen LogP contribution in [0.1, 0.15) is 5.56 Å². The number of nitrogens with one attached hydrogen (secondary N) is 1. The van der Waals surface area contributed by atoms with Gasteiger partial charge in [0.15, 0.2) is 0 Å². The molecule has 30 heavy (non-hydrogen) atoms. The number of aromatic nitrogens is 3.